The van der Waals surface area contributed by atoms with Gasteiger partial charge in [-0.1, -0.05) is 11.6 Å². The van der Waals surface area contributed by atoms with E-state index >= 15 is 0 Å². The van der Waals surface area contributed by atoms with Gasteiger partial charge in [-0.2, -0.15) is 16.7 Å². The first-order valence-electron chi connectivity index (χ1n) is 7.06. The van der Waals surface area contributed by atoms with Crippen molar-refractivity contribution >= 4 is 11.8 Å². The highest BCUT2D eigenvalue weighted by Crippen LogP contribution is 2.36. The molecule has 0 bridgehead atoms. The Kier molecular flexibility index (Phi) is 4.20. The molecule has 0 saturated carbocycles. The third kappa shape index (κ3) is 3.06. The van der Waals surface area contributed by atoms with Gasteiger partial charge in [0, 0.05) is 6.42 Å². The maximum absolute atomic E-state index is 5.43. The third-order valence-corrected chi connectivity index (χ3v) is 5.25. The average Bonchev–Trinajstić information content (AvgIpc) is 2.89. The summed E-state index contributed by atoms with van der Waals surface area (Å²) in [4.78, 5) is 4.61. The van der Waals surface area contributed by atoms with Crippen molar-refractivity contribution < 1.29 is 4.52 Å². The summed E-state index contributed by atoms with van der Waals surface area (Å²) in [5.41, 5.74) is 0. The highest BCUT2D eigenvalue weighted by atomic mass is 32.2. The van der Waals surface area contributed by atoms with Crippen LogP contribution in [0.4, 0.5) is 0 Å². The van der Waals surface area contributed by atoms with E-state index in [2.05, 4.69) is 15.5 Å². The standard InChI is InChI=1S/C13H21N3OS/c1-2-8-18-11(3-1)13-15-12(17-16-13)9-10-4-6-14-7-5-10/h10-11,14H,1-9H2. The molecule has 3 heterocycles. The summed E-state index contributed by atoms with van der Waals surface area (Å²) >= 11 is 1.98. The minimum Gasteiger partial charge on any atom is -0.339 e. The maximum Gasteiger partial charge on any atom is 0.226 e. The van der Waals surface area contributed by atoms with Gasteiger partial charge in [0.2, 0.25) is 5.89 Å². The molecule has 1 N–H and O–H groups in total. The Morgan fingerprint density at radius 2 is 2.11 bits per heavy atom. The molecule has 2 fully saturated rings. The predicted octanol–water partition coefficient (Wildman–Crippen LogP) is 2.57. The molecule has 2 saturated heterocycles. The topological polar surface area (TPSA) is 51.0 Å². The van der Waals surface area contributed by atoms with Gasteiger partial charge in [-0.25, -0.2) is 0 Å². The van der Waals surface area contributed by atoms with Crippen molar-refractivity contribution in [1.29, 1.82) is 0 Å². The molecule has 1 atom stereocenters. The van der Waals surface area contributed by atoms with Crippen molar-refractivity contribution in [3.8, 4) is 0 Å². The molecule has 2 aliphatic rings. The number of nitrogens with zero attached hydrogens (tertiary/aromatic N) is 2. The molecule has 100 valence electrons. The zero-order valence-electron chi connectivity index (χ0n) is 10.7. The minimum atomic E-state index is 0.476. The number of hydrogen-bond acceptors (Lipinski definition) is 5. The summed E-state index contributed by atoms with van der Waals surface area (Å²) < 4.78 is 5.43. The van der Waals surface area contributed by atoms with Gasteiger partial charge in [0.1, 0.15) is 0 Å². The van der Waals surface area contributed by atoms with Crippen LogP contribution in [0.2, 0.25) is 0 Å². The van der Waals surface area contributed by atoms with Gasteiger partial charge in [0.05, 0.1) is 5.25 Å². The van der Waals surface area contributed by atoms with E-state index in [9.17, 15) is 0 Å². The van der Waals surface area contributed by atoms with Crippen LogP contribution in [0.3, 0.4) is 0 Å². The van der Waals surface area contributed by atoms with Crippen molar-refractivity contribution in [3.63, 3.8) is 0 Å². The van der Waals surface area contributed by atoms with Gasteiger partial charge in [-0.3, -0.25) is 0 Å². The van der Waals surface area contributed by atoms with Crippen LogP contribution in [0, 0.1) is 5.92 Å². The summed E-state index contributed by atoms with van der Waals surface area (Å²) in [5.74, 6) is 3.74. The van der Waals surface area contributed by atoms with Gasteiger partial charge in [-0.15, -0.1) is 0 Å². The first kappa shape index (κ1) is 12.5. The highest BCUT2D eigenvalue weighted by Gasteiger charge is 2.23. The monoisotopic (exact) mass is 267 g/mol. The van der Waals surface area contributed by atoms with E-state index in [-0.39, 0.29) is 0 Å². The smallest absolute Gasteiger partial charge is 0.226 e. The lowest BCUT2D eigenvalue weighted by Crippen LogP contribution is -2.28. The molecule has 4 nitrogen and oxygen atoms in total. The van der Waals surface area contributed by atoms with E-state index < -0.39 is 0 Å². The van der Waals surface area contributed by atoms with Crippen LogP contribution in [0.1, 0.15) is 49.1 Å². The first-order chi connectivity index (χ1) is 8.92. The van der Waals surface area contributed by atoms with E-state index in [4.69, 9.17) is 4.52 Å². The fourth-order valence-corrected chi connectivity index (χ4v) is 3.99. The number of piperidine rings is 1. The third-order valence-electron chi connectivity index (χ3n) is 3.87. The minimum absolute atomic E-state index is 0.476. The maximum atomic E-state index is 5.43. The average molecular weight is 267 g/mol. The molecule has 1 aromatic heterocycles. The molecule has 1 unspecified atom stereocenters. The molecular weight excluding hydrogens is 246 g/mol. The number of aromatic nitrogens is 2. The Morgan fingerprint density at radius 3 is 2.89 bits per heavy atom. The fourth-order valence-electron chi connectivity index (χ4n) is 2.76. The predicted molar refractivity (Wildman–Crippen MR) is 72.6 cm³/mol. The summed E-state index contributed by atoms with van der Waals surface area (Å²) in [5, 5.41) is 8.05. The molecule has 0 aliphatic carbocycles. The van der Waals surface area contributed by atoms with Crippen LogP contribution in [0.25, 0.3) is 0 Å². The van der Waals surface area contributed by atoms with E-state index in [1.807, 2.05) is 11.8 Å². The molecule has 0 amide bonds. The van der Waals surface area contributed by atoms with E-state index in [1.54, 1.807) is 0 Å². The lowest BCUT2D eigenvalue weighted by molar-refractivity contribution is 0.311. The first-order valence-corrected chi connectivity index (χ1v) is 8.11. The Bertz CT molecular complexity index is 370. The van der Waals surface area contributed by atoms with Crippen molar-refractivity contribution in [2.75, 3.05) is 18.8 Å². The van der Waals surface area contributed by atoms with Gasteiger partial charge < -0.3 is 9.84 Å². The largest absolute Gasteiger partial charge is 0.339 e. The quantitative estimate of drug-likeness (QED) is 0.912. The fraction of sp³-hybridized carbons (Fsp3) is 0.846. The summed E-state index contributed by atoms with van der Waals surface area (Å²) in [7, 11) is 0. The summed E-state index contributed by atoms with van der Waals surface area (Å²) in [6, 6.07) is 0. The molecule has 3 rings (SSSR count). The summed E-state index contributed by atoms with van der Waals surface area (Å²) in [6.45, 7) is 2.26. The van der Waals surface area contributed by atoms with E-state index in [0.717, 1.165) is 37.1 Å². The van der Waals surface area contributed by atoms with Crippen molar-refractivity contribution in [2.24, 2.45) is 5.92 Å². The van der Waals surface area contributed by atoms with Crippen molar-refractivity contribution in [2.45, 2.75) is 43.8 Å². The Labute approximate surface area is 112 Å². The van der Waals surface area contributed by atoms with Crippen LogP contribution in [0.5, 0.6) is 0 Å². The second-order valence-electron chi connectivity index (χ2n) is 5.30. The Morgan fingerprint density at radius 1 is 1.22 bits per heavy atom. The second kappa shape index (κ2) is 6.06. The molecule has 0 aromatic carbocycles. The highest BCUT2D eigenvalue weighted by molar-refractivity contribution is 7.99. The molecule has 1 aromatic rings. The van der Waals surface area contributed by atoms with Gasteiger partial charge >= 0.3 is 0 Å². The number of nitrogens with one attached hydrogen (secondary N) is 1. The molecule has 2 aliphatic heterocycles. The van der Waals surface area contributed by atoms with E-state index in [1.165, 1.54) is 37.9 Å². The number of thioether (sulfide) groups is 1. The summed E-state index contributed by atoms with van der Waals surface area (Å²) in [6.07, 6.45) is 7.27. The van der Waals surface area contributed by atoms with Crippen LogP contribution in [0.15, 0.2) is 4.52 Å². The van der Waals surface area contributed by atoms with Gasteiger partial charge in [-0.05, 0) is 50.4 Å². The normalized spacial score (nSPS) is 26.3. The molecule has 0 radical (unpaired) electrons. The molecule has 18 heavy (non-hydrogen) atoms. The SMILES string of the molecule is C1CCC(c2noc(CC3CCNCC3)n2)SC1. The van der Waals surface area contributed by atoms with Gasteiger partial charge in [0.25, 0.3) is 0 Å². The second-order valence-corrected chi connectivity index (χ2v) is 6.61. The van der Waals surface area contributed by atoms with Gasteiger partial charge in [0.15, 0.2) is 5.82 Å². The molecule has 0 spiro atoms. The molecule has 5 heteroatoms. The van der Waals surface area contributed by atoms with E-state index in [0.29, 0.717) is 5.25 Å². The number of hydrogen-bond donors (Lipinski definition) is 1. The van der Waals surface area contributed by atoms with Crippen LogP contribution in [-0.4, -0.2) is 29.0 Å². The van der Waals surface area contributed by atoms with Crippen LogP contribution >= 0.6 is 11.8 Å². The zero-order chi connectivity index (χ0) is 12.2. The molecular formula is C13H21N3OS. The van der Waals surface area contributed by atoms with Crippen molar-refractivity contribution in [1.82, 2.24) is 15.5 Å². The lowest BCUT2D eigenvalue weighted by atomic mass is 9.95. The Balaban J connectivity index is 1.58. The number of rotatable bonds is 3. The van der Waals surface area contributed by atoms with Crippen molar-refractivity contribution in [3.05, 3.63) is 11.7 Å². The zero-order valence-corrected chi connectivity index (χ0v) is 11.5. The lowest BCUT2D eigenvalue weighted by Gasteiger charge is -2.20. The Hall–Kier alpha value is -0.550. The van der Waals surface area contributed by atoms with Crippen LogP contribution < -0.4 is 5.32 Å². The van der Waals surface area contributed by atoms with Crippen LogP contribution in [-0.2, 0) is 6.42 Å².